The van der Waals surface area contributed by atoms with Crippen molar-refractivity contribution in [3.05, 3.63) is 34.6 Å². The van der Waals surface area contributed by atoms with E-state index in [9.17, 15) is 22.0 Å². The van der Waals surface area contributed by atoms with Crippen LogP contribution in [0.1, 0.15) is 37.3 Å². The standard InChI is InChI=1S/C13H14F5NO/c14-9-8(10(15)12(17)13(18)11(9)16)7(19)4-3-6-2-1-5-20-6/h6-7H,1-5,19H2. The zero-order valence-electron chi connectivity index (χ0n) is 10.6. The molecule has 0 aromatic heterocycles. The Morgan fingerprint density at radius 2 is 1.55 bits per heavy atom. The van der Waals surface area contributed by atoms with E-state index in [4.69, 9.17) is 10.5 Å². The van der Waals surface area contributed by atoms with Gasteiger partial charge in [0.05, 0.1) is 6.10 Å². The lowest BCUT2D eigenvalue weighted by Gasteiger charge is -2.17. The Balaban J connectivity index is 2.18. The van der Waals surface area contributed by atoms with E-state index >= 15 is 0 Å². The van der Waals surface area contributed by atoms with Crippen LogP contribution in [0, 0.1) is 29.1 Å². The molecule has 1 heterocycles. The summed E-state index contributed by atoms with van der Waals surface area (Å²) < 4.78 is 71.4. The van der Waals surface area contributed by atoms with Crippen molar-refractivity contribution in [1.29, 1.82) is 0 Å². The van der Waals surface area contributed by atoms with E-state index in [1.807, 2.05) is 0 Å². The zero-order valence-corrected chi connectivity index (χ0v) is 10.6. The molecule has 0 amide bonds. The molecular formula is C13H14F5NO. The molecule has 0 aliphatic carbocycles. The van der Waals surface area contributed by atoms with Crippen molar-refractivity contribution < 1.29 is 26.7 Å². The van der Waals surface area contributed by atoms with Gasteiger partial charge in [0.25, 0.3) is 0 Å². The van der Waals surface area contributed by atoms with Crippen LogP contribution in [-0.2, 0) is 4.74 Å². The van der Waals surface area contributed by atoms with Gasteiger partial charge in [0.1, 0.15) is 0 Å². The van der Waals surface area contributed by atoms with Gasteiger partial charge in [0.2, 0.25) is 5.82 Å². The van der Waals surface area contributed by atoms with Crippen LogP contribution in [0.15, 0.2) is 0 Å². The van der Waals surface area contributed by atoms with E-state index in [0.717, 1.165) is 12.8 Å². The minimum atomic E-state index is -2.17. The second-order valence-corrected chi connectivity index (χ2v) is 4.80. The zero-order chi connectivity index (χ0) is 14.9. The van der Waals surface area contributed by atoms with Crippen molar-refractivity contribution in [3.8, 4) is 0 Å². The van der Waals surface area contributed by atoms with Gasteiger partial charge in [-0.15, -0.1) is 0 Å². The number of halogens is 5. The summed E-state index contributed by atoms with van der Waals surface area (Å²) in [7, 11) is 0. The number of benzene rings is 1. The smallest absolute Gasteiger partial charge is 0.200 e. The lowest BCUT2D eigenvalue weighted by atomic mass is 9.98. The molecule has 2 atom stereocenters. The molecule has 7 heteroatoms. The van der Waals surface area contributed by atoms with Crippen molar-refractivity contribution >= 4 is 0 Å². The first-order chi connectivity index (χ1) is 9.43. The van der Waals surface area contributed by atoms with Gasteiger partial charge in [-0.05, 0) is 25.7 Å². The Kier molecular flexibility index (Phi) is 4.59. The van der Waals surface area contributed by atoms with E-state index in [-0.39, 0.29) is 12.5 Å². The highest BCUT2D eigenvalue weighted by Gasteiger charge is 2.29. The van der Waals surface area contributed by atoms with Gasteiger partial charge in [-0.1, -0.05) is 0 Å². The topological polar surface area (TPSA) is 35.2 Å². The van der Waals surface area contributed by atoms with Crippen LogP contribution in [0.2, 0.25) is 0 Å². The van der Waals surface area contributed by atoms with Crippen LogP contribution in [0.25, 0.3) is 0 Å². The van der Waals surface area contributed by atoms with Gasteiger partial charge in [0, 0.05) is 18.2 Å². The second-order valence-electron chi connectivity index (χ2n) is 4.80. The molecule has 1 saturated heterocycles. The fraction of sp³-hybridized carbons (Fsp3) is 0.538. The molecule has 1 aromatic carbocycles. The summed E-state index contributed by atoms with van der Waals surface area (Å²) in [5, 5.41) is 0. The Hall–Kier alpha value is -1.21. The van der Waals surface area contributed by atoms with Gasteiger partial charge in [-0.2, -0.15) is 0 Å². The van der Waals surface area contributed by atoms with Crippen LogP contribution in [0.5, 0.6) is 0 Å². The molecule has 0 spiro atoms. The van der Waals surface area contributed by atoms with E-state index in [1.54, 1.807) is 0 Å². The molecule has 2 rings (SSSR count). The number of hydrogen-bond acceptors (Lipinski definition) is 2. The van der Waals surface area contributed by atoms with Crippen LogP contribution >= 0.6 is 0 Å². The van der Waals surface area contributed by atoms with Crippen molar-refractivity contribution in [2.24, 2.45) is 5.73 Å². The first kappa shape index (κ1) is 15.2. The predicted octanol–water partition coefficient (Wildman–Crippen LogP) is 3.34. The van der Waals surface area contributed by atoms with E-state index < -0.39 is 40.7 Å². The molecule has 112 valence electrons. The average Bonchev–Trinajstić information content (AvgIpc) is 2.94. The lowest BCUT2D eigenvalue weighted by molar-refractivity contribution is 0.100. The van der Waals surface area contributed by atoms with Crippen LogP contribution < -0.4 is 5.73 Å². The summed E-state index contributed by atoms with van der Waals surface area (Å²) >= 11 is 0. The van der Waals surface area contributed by atoms with Crippen LogP contribution in [0.3, 0.4) is 0 Å². The quantitative estimate of drug-likeness (QED) is 0.525. The fourth-order valence-electron chi connectivity index (χ4n) is 2.33. The molecule has 2 unspecified atom stereocenters. The van der Waals surface area contributed by atoms with Crippen LogP contribution in [-0.4, -0.2) is 12.7 Å². The van der Waals surface area contributed by atoms with Gasteiger partial charge >= 0.3 is 0 Å². The Morgan fingerprint density at radius 3 is 2.05 bits per heavy atom. The number of hydrogen-bond donors (Lipinski definition) is 1. The van der Waals surface area contributed by atoms with Gasteiger partial charge in [-0.25, -0.2) is 22.0 Å². The minimum Gasteiger partial charge on any atom is -0.378 e. The molecule has 2 N–H and O–H groups in total. The van der Waals surface area contributed by atoms with Gasteiger partial charge in [0.15, 0.2) is 23.3 Å². The highest BCUT2D eigenvalue weighted by molar-refractivity contribution is 5.26. The molecule has 1 aliphatic rings. The third kappa shape index (κ3) is 2.78. The maximum Gasteiger partial charge on any atom is 0.200 e. The summed E-state index contributed by atoms with van der Waals surface area (Å²) in [6.45, 7) is 0.614. The molecule has 0 bridgehead atoms. The van der Waals surface area contributed by atoms with E-state index in [1.165, 1.54) is 0 Å². The Bertz CT molecular complexity index is 473. The molecule has 20 heavy (non-hydrogen) atoms. The third-order valence-corrected chi connectivity index (χ3v) is 3.44. The van der Waals surface area contributed by atoms with Crippen molar-refractivity contribution in [2.75, 3.05) is 6.61 Å². The molecule has 1 fully saturated rings. The maximum absolute atomic E-state index is 13.5. The molecular weight excluding hydrogens is 281 g/mol. The summed E-state index contributed by atoms with van der Waals surface area (Å²) in [4.78, 5) is 0. The van der Waals surface area contributed by atoms with Crippen LogP contribution in [0.4, 0.5) is 22.0 Å². The number of rotatable bonds is 4. The van der Waals surface area contributed by atoms with Crippen molar-refractivity contribution in [3.63, 3.8) is 0 Å². The van der Waals surface area contributed by atoms with Crippen molar-refractivity contribution in [2.45, 2.75) is 37.8 Å². The molecule has 1 aliphatic heterocycles. The highest BCUT2D eigenvalue weighted by atomic mass is 19.2. The number of ether oxygens (including phenoxy) is 1. The Labute approximate surface area is 112 Å². The van der Waals surface area contributed by atoms with E-state index in [0.29, 0.717) is 13.0 Å². The summed E-state index contributed by atoms with van der Waals surface area (Å²) in [6.07, 6.45) is 2.14. The maximum atomic E-state index is 13.5. The first-order valence-electron chi connectivity index (χ1n) is 6.32. The molecule has 0 saturated carbocycles. The molecule has 0 radical (unpaired) electrons. The second kappa shape index (κ2) is 6.05. The molecule has 1 aromatic rings. The predicted molar refractivity (Wildman–Crippen MR) is 61.4 cm³/mol. The monoisotopic (exact) mass is 295 g/mol. The Morgan fingerprint density at radius 1 is 1.00 bits per heavy atom. The SMILES string of the molecule is NC(CCC1CCCO1)c1c(F)c(F)c(F)c(F)c1F. The van der Waals surface area contributed by atoms with Gasteiger partial charge in [-0.3, -0.25) is 0 Å². The first-order valence-corrected chi connectivity index (χ1v) is 6.32. The summed E-state index contributed by atoms with van der Waals surface area (Å²) in [5.74, 6) is -9.82. The minimum absolute atomic E-state index is 0.0673. The molecule has 2 nitrogen and oxygen atoms in total. The summed E-state index contributed by atoms with van der Waals surface area (Å²) in [5.41, 5.74) is 4.61. The fourth-order valence-corrected chi connectivity index (χ4v) is 2.33. The highest BCUT2D eigenvalue weighted by Crippen LogP contribution is 2.30. The normalized spacial score (nSPS) is 20.4. The number of nitrogens with two attached hydrogens (primary N) is 1. The van der Waals surface area contributed by atoms with Gasteiger partial charge < -0.3 is 10.5 Å². The van der Waals surface area contributed by atoms with E-state index in [2.05, 4.69) is 0 Å². The lowest BCUT2D eigenvalue weighted by Crippen LogP contribution is -2.19. The summed E-state index contributed by atoms with van der Waals surface area (Å²) in [6, 6.07) is -1.26. The van der Waals surface area contributed by atoms with Crippen molar-refractivity contribution in [1.82, 2.24) is 0 Å². The largest absolute Gasteiger partial charge is 0.378 e. The average molecular weight is 295 g/mol. The third-order valence-electron chi connectivity index (χ3n) is 3.44.